The molecule has 8 unspecified atom stereocenters. The van der Waals surface area contributed by atoms with Crippen LogP contribution in [0, 0.1) is 0 Å². The second-order valence-corrected chi connectivity index (χ2v) is 17.2. The van der Waals surface area contributed by atoms with Gasteiger partial charge in [-0.15, -0.1) is 0 Å². The minimum Gasteiger partial charge on any atom is -0.394 e. The van der Waals surface area contributed by atoms with Crippen LogP contribution in [-0.4, -0.2) is 107 Å². The molecular weight excluding hydrogens is 779 g/mol. The van der Waals surface area contributed by atoms with Crippen LogP contribution >= 0.6 is 0 Å². The van der Waals surface area contributed by atoms with Crippen LogP contribution in [0.4, 0.5) is 0 Å². The minimum absolute atomic E-state index is 0.230. The molecule has 14 heteroatoms. The molecule has 1 amide bonds. The number of amides is 1. The molecule has 1 heterocycles. The summed E-state index contributed by atoms with van der Waals surface area (Å²) in [5.41, 5.74) is 0. The van der Waals surface area contributed by atoms with Gasteiger partial charge >= 0.3 is 10.4 Å². The molecule has 0 aromatic carbocycles. The van der Waals surface area contributed by atoms with Gasteiger partial charge in [0.05, 0.1) is 25.4 Å². The molecule has 1 aliphatic heterocycles. The van der Waals surface area contributed by atoms with Gasteiger partial charge in [0.1, 0.15) is 30.5 Å². The van der Waals surface area contributed by atoms with E-state index in [0.717, 1.165) is 70.6 Å². The average Bonchev–Trinajstić information content (AvgIpc) is 3.20. The predicted molar refractivity (Wildman–Crippen MR) is 233 cm³/mol. The molecule has 0 aliphatic carbocycles. The van der Waals surface area contributed by atoms with Gasteiger partial charge in [-0.3, -0.25) is 9.35 Å². The van der Waals surface area contributed by atoms with Crippen LogP contribution < -0.4 is 5.32 Å². The highest BCUT2D eigenvalue weighted by Gasteiger charge is 2.48. The van der Waals surface area contributed by atoms with Gasteiger partial charge in [-0.1, -0.05) is 166 Å². The van der Waals surface area contributed by atoms with Crippen molar-refractivity contribution in [3.63, 3.8) is 0 Å². The van der Waals surface area contributed by atoms with E-state index in [1.807, 2.05) is 0 Å². The standard InChI is InChI=1S/C45H83NO12S/c1-3-5-7-9-11-13-14-15-16-17-18-19-20-21-22-23-24-25-26-28-30-32-34-39(49)44(52)46-37(38(48)33-31-29-27-12-10-8-6-4-2)36-56-45-42(51)43(58-59(53,54)55)41(50)40(35-47)57-45/h18-19,21-22,31,33,37-43,45,47-51H,3-17,20,23-30,32,34-36H2,1-2H3,(H,46,52)(H,53,54,55)/b19-18-,22-21-,33-31+. The Balaban J connectivity index is 2.47. The van der Waals surface area contributed by atoms with Crippen molar-refractivity contribution in [3.8, 4) is 0 Å². The van der Waals surface area contributed by atoms with E-state index in [0.29, 0.717) is 12.8 Å². The van der Waals surface area contributed by atoms with E-state index in [4.69, 9.17) is 14.0 Å². The van der Waals surface area contributed by atoms with Gasteiger partial charge in [0.25, 0.3) is 0 Å². The summed E-state index contributed by atoms with van der Waals surface area (Å²) in [5, 5.41) is 54.9. The van der Waals surface area contributed by atoms with Crippen molar-refractivity contribution < 1.29 is 57.0 Å². The summed E-state index contributed by atoms with van der Waals surface area (Å²) in [7, 11) is -5.11. The summed E-state index contributed by atoms with van der Waals surface area (Å²) < 4.78 is 47.3. The molecule has 0 bridgehead atoms. The third kappa shape index (κ3) is 28.5. The van der Waals surface area contributed by atoms with Gasteiger partial charge in [-0.2, -0.15) is 8.42 Å². The first-order chi connectivity index (χ1) is 28.4. The lowest BCUT2D eigenvalue weighted by atomic mass is 9.99. The number of allylic oxidation sites excluding steroid dienone is 5. The molecule has 0 aromatic rings. The molecule has 1 aliphatic rings. The van der Waals surface area contributed by atoms with Crippen LogP contribution in [0.5, 0.6) is 0 Å². The lowest BCUT2D eigenvalue weighted by Gasteiger charge is -2.41. The van der Waals surface area contributed by atoms with Gasteiger partial charge in [-0.25, -0.2) is 4.18 Å². The van der Waals surface area contributed by atoms with Crippen molar-refractivity contribution >= 4 is 16.3 Å². The topological polar surface area (TPSA) is 212 Å². The Bertz CT molecular complexity index is 1220. The van der Waals surface area contributed by atoms with E-state index in [-0.39, 0.29) is 6.42 Å². The maximum Gasteiger partial charge on any atom is 0.397 e. The van der Waals surface area contributed by atoms with Crippen molar-refractivity contribution in [2.75, 3.05) is 13.2 Å². The molecule has 346 valence electrons. The third-order valence-electron chi connectivity index (χ3n) is 10.8. The molecule has 0 spiro atoms. The number of rotatable bonds is 38. The normalized spacial score (nSPS) is 21.8. The highest BCUT2D eigenvalue weighted by molar-refractivity contribution is 7.80. The number of hydrogen-bond donors (Lipinski definition) is 7. The number of unbranched alkanes of at least 4 members (excludes halogenated alkanes) is 21. The molecule has 1 saturated heterocycles. The first-order valence-corrected chi connectivity index (χ1v) is 24.3. The van der Waals surface area contributed by atoms with Crippen molar-refractivity contribution in [2.45, 2.75) is 230 Å². The summed E-state index contributed by atoms with van der Waals surface area (Å²) in [6.45, 7) is 3.14. The molecule has 13 nitrogen and oxygen atoms in total. The first-order valence-electron chi connectivity index (χ1n) is 23.0. The summed E-state index contributed by atoms with van der Waals surface area (Å²) in [6, 6.07) is -1.12. The lowest BCUT2D eigenvalue weighted by Crippen LogP contribution is -2.61. The lowest BCUT2D eigenvalue weighted by molar-refractivity contribution is -0.298. The van der Waals surface area contributed by atoms with Crippen molar-refractivity contribution in [1.29, 1.82) is 0 Å². The molecule has 7 N–H and O–H groups in total. The first kappa shape index (κ1) is 55.3. The van der Waals surface area contributed by atoms with Gasteiger partial charge in [0, 0.05) is 0 Å². The number of carbonyl (C=O) groups is 1. The fourth-order valence-corrected chi connectivity index (χ4v) is 7.59. The van der Waals surface area contributed by atoms with Gasteiger partial charge in [0.2, 0.25) is 5.91 Å². The Morgan fingerprint density at radius 3 is 1.66 bits per heavy atom. The smallest absolute Gasteiger partial charge is 0.394 e. The molecule has 0 saturated carbocycles. The molecule has 0 aromatic heterocycles. The number of carbonyl (C=O) groups excluding carboxylic acids is 1. The molecule has 1 fully saturated rings. The van der Waals surface area contributed by atoms with E-state index in [1.165, 1.54) is 83.1 Å². The molecule has 59 heavy (non-hydrogen) atoms. The summed E-state index contributed by atoms with van der Waals surface area (Å²) in [4.78, 5) is 13.0. The van der Waals surface area contributed by atoms with Crippen LogP contribution in [0.1, 0.15) is 181 Å². The highest BCUT2D eigenvalue weighted by Crippen LogP contribution is 2.26. The zero-order valence-electron chi connectivity index (χ0n) is 36.4. The fraction of sp³-hybridized carbons (Fsp3) is 0.844. The second kappa shape index (κ2) is 35.8. The largest absolute Gasteiger partial charge is 0.397 e. The van der Waals surface area contributed by atoms with Crippen molar-refractivity contribution in [3.05, 3.63) is 36.5 Å². The number of nitrogens with one attached hydrogen (secondary N) is 1. The monoisotopic (exact) mass is 862 g/mol. The summed E-state index contributed by atoms with van der Waals surface area (Å²) >= 11 is 0. The van der Waals surface area contributed by atoms with Gasteiger partial charge in [-0.05, 0) is 51.4 Å². The van der Waals surface area contributed by atoms with E-state index < -0.39 is 78.5 Å². The number of aliphatic hydroxyl groups excluding tert-OH is 5. The molecule has 1 rings (SSSR count). The van der Waals surface area contributed by atoms with E-state index in [2.05, 4.69) is 47.7 Å². The predicted octanol–water partition coefficient (Wildman–Crippen LogP) is 7.69. The Kier molecular flexibility index (Phi) is 33.6. The number of ether oxygens (including phenoxy) is 2. The van der Waals surface area contributed by atoms with Crippen LogP contribution in [0.3, 0.4) is 0 Å². The quantitative estimate of drug-likeness (QED) is 0.0181. The summed E-state index contributed by atoms with van der Waals surface area (Å²) in [5.74, 6) is -0.714. The van der Waals surface area contributed by atoms with Gasteiger partial charge in [0.15, 0.2) is 6.29 Å². The summed E-state index contributed by atoms with van der Waals surface area (Å²) in [6.07, 6.45) is 29.8. The highest BCUT2D eigenvalue weighted by atomic mass is 32.3. The zero-order valence-corrected chi connectivity index (χ0v) is 37.2. The SMILES string of the molecule is CCCCCCCC/C=C/C(O)C(COC1OC(CO)C(O)C(OS(=O)(=O)O)C1O)NC(=O)C(O)CCCCCCCC/C=C\C/C=C\CCCCCCCCCCC. The third-order valence-corrected chi connectivity index (χ3v) is 11.2. The molecule has 8 atom stereocenters. The fourth-order valence-electron chi connectivity index (χ4n) is 7.08. The van der Waals surface area contributed by atoms with Crippen LogP contribution in [-0.2, 0) is 28.9 Å². The maximum absolute atomic E-state index is 13.0. The Hall–Kier alpha value is -1.72. The second-order valence-electron chi connectivity index (χ2n) is 16.1. The van der Waals surface area contributed by atoms with Crippen LogP contribution in [0.25, 0.3) is 0 Å². The Labute approximate surface area is 357 Å². The number of aliphatic hydroxyl groups is 5. The molecule has 0 radical (unpaired) electrons. The average molecular weight is 862 g/mol. The number of hydrogen-bond acceptors (Lipinski definition) is 11. The van der Waals surface area contributed by atoms with Crippen LogP contribution in [0.2, 0.25) is 0 Å². The van der Waals surface area contributed by atoms with Crippen molar-refractivity contribution in [1.82, 2.24) is 5.32 Å². The zero-order chi connectivity index (χ0) is 43.6. The Morgan fingerprint density at radius 1 is 0.695 bits per heavy atom. The maximum atomic E-state index is 13.0. The molecular formula is C45H83NO12S. The van der Waals surface area contributed by atoms with E-state index in [9.17, 15) is 38.7 Å². The minimum atomic E-state index is -5.11. The van der Waals surface area contributed by atoms with Crippen LogP contribution in [0.15, 0.2) is 36.5 Å². The van der Waals surface area contributed by atoms with Crippen molar-refractivity contribution in [2.24, 2.45) is 0 Å². The van der Waals surface area contributed by atoms with Gasteiger partial charge < -0.3 is 40.3 Å². The Morgan fingerprint density at radius 2 is 1.17 bits per heavy atom. The van der Waals surface area contributed by atoms with E-state index >= 15 is 0 Å². The van der Waals surface area contributed by atoms with E-state index in [1.54, 1.807) is 6.08 Å².